The molecule has 1 saturated heterocycles. The molecular weight excluding hydrogens is 222 g/mol. The van der Waals surface area contributed by atoms with Gasteiger partial charge in [0.25, 0.3) is 0 Å². The van der Waals surface area contributed by atoms with Gasteiger partial charge in [0.05, 0.1) is 19.1 Å². The largest absolute Gasteiger partial charge is 0.380 e. The van der Waals surface area contributed by atoms with Gasteiger partial charge in [-0.05, 0) is 6.92 Å². The molecule has 0 aromatic carbocycles. The molecule has 0 bridgehead atoms. The molecule has 0 aromatic heterocycles. The Bertz CT molecular complexity index is 271. The van der Waals surface area contributed by atoms with Crippen molar-refractivity contribution in [2.75, 3.05) is 39.9 Å². The third kappa shape index (κ3) is 4.32. The lowest BCUT2D eigenvalue weighted by Crippen LogP contribution is -2.56. The zero-order valence-corrected chi connectivity index (χ0v) is 10.5. The summed E-state index contributed by atoms with van der Waals surface area (Å²) in [7, 11) is 1.57. The van der Waals surface area contributed by atoms with Crippen LogP contribution in [0, 0.1) is 0 Å². The van der Waals surface area contributed by atoms with E-state index in [1.165, 1.54) is 0 Å². The number of hydrogen-bond acceptors (Lipinski definition) is 4. The van der Waals surface area contributed by atoms with E-state index in [0.717, 1.165) is 6.54 Å². The Morgan fingerprint density at radius 2 is 2.41 bits per heavy atom. The molecule has 6 heteroatoms. The van der Waals surface area contributed by atoms with Crippen LogP contribution in [0.25, 0.3) is 0 Å². The minimum absolute atomic E-state index is 0.0143. The highest BCUT2D eigenvalue weighted by Crippen LogP contribution is 2.04. The summed E-state index contributed by atoms with van der Waals surface area (Å²) in [6, 6.07) is -0.398. The van der Waals surface area contributed by atoms with Crippen molar-refractivity contribution >= 4 is 11.8 Å². The van der Waals surface area contributed by atoms with E-state index < -0.39 is 6.04 Å². The minimum atomic E-state index is -0.398. The lowest BCUT2D eigenvalue weighted by molar-refractivity contribution is -0.138. The van der Waals surface area contributed by atoms with E-state index in [2.05, 4.69) is 10.6 Å². The number of piperazine rings is 1. The number of amides is 2. The summed E-state index contributed by atoms with van der Waals surface area (Å²) in [5.74, 6) is -0.137. The molecule has 1 unspecified atom stereocenters. The van der Waals surface area contributed by atoms with Gasteiger partial charge in [0, 0.05) is 33.3 Å². The zero-order chi connectivity index (χ0) is 12.7. The lowest BCUT2D eigenvalue weighted by atomic mass is 10.1. The van der Waals surface area contributed by atoms with E-state index in [9.17, 15) is 9.59 Å². The van der Waals surface area contributed by atoms with E-state index in [1.54, 1.807) is 11.9 Å². The van der Waals surface area contributed by atoms with Crippen molar-refractivity contribution in [1.29, 1.82) is 0 Å². The SMILES string of the molecule is CCOCCN1CCNC(CC(=O)NC)C1=O. The van der Waals surface area contributed by atoms with Crippen molar-refractivity contribution < 1.29 is 14.3 Å². The first kappa shape index (κ1) is 13.9. The maximum Gasteiger partial charge on any atom is 0.240 e. The third-order valence-corrected chi connectivity index (χ3v) is 2.76. The minimum Gasteiger partial charge on any atom is -0.380 e. The van der Waals surface area contributed by atoms with Gasteiger partial charge >= 0.3 is 0 Å². The predicted molar refractivity (Wildman–Crippen MR) is 63.5 cm³/mol. The van der Waals surface area contributed by atoms with Gasteiger partial charge in [-0.2, -0.15) is 0 Å². The third-order valence-electron chi connectivity index (χ3n) is 2.76. The molecule has 0 saturated carbocycles. The standard InChI is InChI=1S/C11H21N3O3/c1-3-17-7-6-14-5-4-13-9(11(14)16)8-10(15)12-2/h9,13H,3-8H2,1-2H3,(H,12,15). The van der Waals surface area contributed by atoms with Crippen molar-refractivity contribution in [1.82, 2.24) is 15.5 Å². The van der Waals surface area contributed by atoms with Crippen LogP contribution in [0.4, 0.5) is 0 Å². The number of ether oxygens (including phenoxy) is 1. The average Bonchev–Trinajstić information content (AvgIpc) is 2.34. The zero-order valence-electron chi connectivity index (χ0n) is 10.5. The van der Waals surface area contributed by atoms with Gasteiger partial charge < -0.3 is 20.3 Å². The molecule has 1 aliphatic rings. The maximum atomic E-state index is 12.0. The number of carbonyl (C=O) groups is 2. The van der Waals surface area contributed by atoms with Crippen LogP contribution < -0.4 is 10.6 Å². The normalized spacial score (nSPS) is 20.5. The Labute approximate surface area is 102 Å². The molecule has 0 aliphatic carbocycles. The van der Waals surface area contributed by atoms with Crippen molar-refractivity contribution in [3.05, 3.63) is 0 Å². The second-order valence-electron chi connectivity index (χ2n) is 3.91. The molecule has 1 heterocycles. The number of nitrogens with one attached hydrogen (secondary N) is 2. The lowest BCUT2D eigenvalue weighted by Gasteiger charge is -2.32. The van der Waals surface area contributed by atoms with Crippen LogP contribution in [-0.2, 0) is 14.3 Å². The summed E-state index contributed by atoms with van der Waals surface area (Å²) in [5.41, 5.74) is 0. The van der Waals surface area contributed by atoms with Crippen LogP contribution in [0.2, 0.25) is 0 Å². The second-order valence-corrected chi connectivity index (χ2v) is 3.91. The van der Waals surface area contributed by atoms with Crippen LogP contribution >= 0.6 is 0 Å². The summed E-state index contributed by atoms with van der Waals surface area (Å²) in [4.78, 5) is 25.0. The monoisotopic (exact) mass is 243 g/mol. The molecular formula is C11H21N3O3. The molecule has 0 radical (unpaired) electrons. The smallest absolute Gasteiger partial charge is 0.240 e. The first-order valence-corrected chi connectivity index (χ1v) is 5.99. The molecule has 2 N–H and O–H groups in total. The number of rotatable bonds is 6. The predicted octanol–water partition coefficient (Wildman–Crippen LogP) is -1.04. The maximum absolute atomic E-state index is 12.0. The topological polar surface area (TPSA) is 70.7 Å². The summed E-state index contributed by atoms with van der Waals surface area (Å²) < 4.78 is 5.23. The number of nitrogens with zero attached hydrogens (tertiary/aromatic N) is 1. The molecule has 1 rings (SSSR count). The van der Waals surface area contributed by atoms with E-state index in [-0.39, 0.29) is 18.2 Å². The van der Waals surface area contributed by atoms with Crippen LogP contribution in [0.5, 0.6) is 0 Å². The summed E-state index contributed by atoms with van der Waals surface area (Å²) in [6.07, 6.45) is 0.195. The van der Waals surface area contributed by atoms with Crippen LogP contribution in [0.3, 0.4) is 0 Å². The van der Waals surface area contributed by atoms with Crippen LogP contribution in [-0.4, -0.2) is 62.7 Å². The molecule has 1 aliphatic heterocycles. The molecule has 0 spiro atoms. The molecule has 6 nitrogen and oxygen atoms in total. The molecule has 1 atom stereocenters. The average molecular weight is 243 g/mol. The van der Waals surface area contributed by atoms with Gasteiger partial charge in [0.1, 0.15) is 0 Å². The Balaban J connectivity index is 2.41. The molecule has 0 aromatic rings. The summed E-state index contributed by atoms with van der Waals surface area (Å²) in [5, 5.41) is 5.59. The van der Waals surface area contributed by atoms with Crippen molar-refractivity contribution in [3.8, 4) is 0 Å². The highest BCUT2D eigenvalue weighted by Gasteiger charge is 2.29. The van der Waals surface area contributed by atoms with Gasteiger partial charge in [-0.1, -0.05) is 0 Å². The summed E-state index contributed by atoms with van der Waals surface area (Å²) >= 11 is 0. The highest BCUT2D eigenvalue weighted by atomic mass is 16.5. The van der Waals surface area contributed by atoms with Gasteiger partial charge in [0.15, 0.2) is 0 Å². The van der Waals surface area contributed by atoms with Crippen LogP contribution in [0.15, 0.2) is 0 Å². The Hall–Kier alpha value is -1.14. The van der Waals surface area contributed by atoms with E-state index in [1.807, 2.05) is 6.92 Å². The Morgan fingerprint density at radius 3 is 3.06 bits per heavy atom. The van der Waals surface area contributed by atoms with Crippen molar-refractivity contribution in [2.24, 2.45) is 0 Å². The van der Waals surface area contributed by atoms with E-state index in [4.69, 9.17) is 4.74 Å². The fourth-order valence-electron chi connectivity index (χ4n) is 1.78. The number of hydrogen-bond donors (Lipinski definition) is 2. The molecule has 1 fully saturated rings. The Kier molecular flexibility index (Phi) is 5.93. The first-order chi connectivity index (χ1) is 8.19. The van der Waals surface area contributed by atoms with Gasteiger partial charge in [0.2, 0.25) is 11.8 Å². The van der Waals surface area contributed by atoms with E-state index >= 15 is 0 Å². The molecule has 2 amide bonds. The van der Waals surface area contributed by atoms with Gasteiger partial charge in [-0.3, -0.25) is 9.59 Å². The van der Waals surface area contributed by atoms with Gasteiger partial charge in [-0.25, -0.2) is 0 Å². The first-order valence-electron chi connectivity index (χ1n) is 5.99. The molecule has 17 heavy (non-hydrogen) atoms. The fourth-order valence-corrected chi connectivity index (χ4v) is 1.78. The van der Waals surface area contributed by atoms with Crippen molar-refractivity contribution in [3.63, 3.8) is 0 Å². The number of carbonyl (C=O) groups excluding carboxylic acids is 2. The quantitative estimate of drug-likeness (QED) is 0.585. The summed E-state index contributed by atoms with van der Waals surface area (Å²) in [6.45, 7) is 5.12. The second kappa shape index (κ2) is 7.24. The highest BCUT2D eigenvalue weighted by molar-refractivity contribution is 5.88. The fraction of sp³-hybridized carbons (Fsp3) is 0.818. The Morgan fingerprint density at radius 1 is 1.65 bits per heavy atom. The van der Waals surface area contributed by atoms with Gasteiger partial charge in [-0.15, -0.1) is 0 Å². The molecule has 98 valence electrons. The van der Waals surface area contributed by atoms with Crippen molar-refractivity contribution in [2.45, 2.75) is 19.4 Å². The van der Waals surface area contributed by atoms with Crippen LogP contribution in [0.1, 0.15) is 13.3 Å². The van der Waals surface area contributed by atoms with E-state index in [0.29, 0.717) is 26.3 Å².